The molecule has 1 aromatic carbocycles. The molecule has 0 radical (unpaired) electrons. The van der Waals surface area contributed by atoms with Crippen molar-refractivity contribution in [1.82, 2.24) is 10.2 Å². The summed E-state index contributed by atoms with van der Waals surface area (Å²) in [7, 11) is 0. The van der Waals surface area contributed by atoms with Crippen molar-refractivity contribution in [3.8, 4) is 0 Å². The van der Waals surface area contributed by atoms with Gasteiger partial charge in [0.05, 0.1) is 0 Å². The van der Waals surface area contributed by atoms with Crippen LogP contribution in [0.2, 0.25) is 0 Å². The van der Waals surface area contributed by atoms with Crippen LogP contribution in [-0.4, -0.2) is 16.1 Å². The van der Waals surface area contributed by atoms with Crippen LogP contribution in [0.4, 0.5) is 10.2 Å². The van der Waals surface area contributed by atoms with Crippen LogP contribution in [0.1, 0.15) is 41.4 Å². The maximum absolute atomic E-state index is 13.4. The smallest absolute Gasteiger partial charge is 0.256 e. The van der Waals surface area contributed by atoms with Crippen molar-refractivity contribution in [2.45, 2.75) is 26.7 Å². The fourth-order valence-corrected chi connectivity index (χ4v) is 1.62. The van der Waals surface area contributed by atoms with Crippen LogP contribution in [0.15, 0.2) is 24.3 Å². The van der Waals surface area contributed by atoms with E-state index < -0.39 is 5.82 Å². The quantitative estimate of drug-likeness (QED) is 0.891. The van der Waals surface area contributed by atoms with Crippen LogP contribution < -0.4 is 5.32 Å². The molecule has 19 heavy (non-hydrogen) atoms. The van der Waals surface area contributed by atoms with E-state index in [9.17, 15) is 9.18 Å². The topological polar surface area (TPSA) is 57.8 Å². The lowest BCUT2D eigenvalue weighted by Gasteiger charge is -2.03. The minimum Gasteiger partial charge on any atom is -0.305 e. The molecule has 1 amide bonds. The van der Waals surface area contributed by atoms with Crippen molar-refractivity contribution in [1.29, 1.82) is 0 Å². The first-order valence-electron chi connectivity index (χ1n) is 6.10. The number of H-pyrrole nitrogens is 1. The molecule has 100 valence electrons. The fraction of sp³-hybridized carbons (Fsp3) is 0.286. The van der Waals surface area contributed by atoms with E-state index in [4.69, 9.17) is 0 Å². The van der Waals surface area contributed by atoms with Crippen molar-refractivity contribution < 1.29 is 9.18 Å². The van der Waals surface area contributed by atoms with E-state index in [2.05, 4.69) is 15.5 Å². The van der Waals surface area contributed by atoms with Crippen molar-refractivity contribution in [2.24, 2.45) is 0 Å². The molecule has 0 saturated heterocycles. The summed E-state index contributed by atoms with van der Waals surface area (Å²) in [4.78, 5) is 11.9. The predicted octanol–water partition coefficient (Wildman–Crippen LogP) is 3.23. The molecule has 0 atom stereocenters. The highest BCUT2D eigenvalue weighted by molar-refractivity contribution is 6.03. The van der Waals surface area contributed by atoms with E-state index in [1.54, 1.807) is 25.1 Å². The monoisotopic (exact) mass is 261 g/mol. The zero-order valence-electron chi connectivity index (χ0n) is 11.1. The highest BCUT2D eigenvalue weighted by Crippen LogP contribution is 2.16. The summed E-state index contributed by atoms with van der Waals surface area (Å²) in [6.07, 6.45) is 0. The van der Waals surface area contributed by atoms with Gasteiger partial charge in [0.1, 0.15) is 5.82 Å². The first-order valence-corrected chi connectivity index (χ1v) is 6.10. The normalized spacial score (nSPS) is 10.8. The Morgan fingerprint density at radius 2 is 2.11 bits per heavy atom. The van der Waals surface area contributed by atoms with Gasteiger partial charge in [0.2, 0.25) is 0 Å². The first kappa shape index (κ1) is 13.3. The van der Waals surface area contributed by atoms with Crippen LogP contribution in [0.3, 0.4) is 0 Å². The van der Waals surface area contributed by atoms with Gasteiger partial charge in [0.25, 0.3) is 5.91 Å². The largest absolute Gasteiger partial charge is 0.305 e. The zero-order chi connectivity index (χ0) is 14.0. The average Bonchev–Trinajstić information content (AvgIpc) is 2.81. The Morgan fingerprint density at radius 1 is 1.37 bits per heavy atom. The molecule has 0 fully saturated rings. The number of nitrogens with one attached hydrogen (secondary N) is 2. The molecule has 0 unspecified atom stereocenters. The lowest BCUT2D eigenvalue weighted by atomic mass is 10.1. The third-order valence-corrected chi connectivity index (χ3v) is 2.90. The lowest BCUT2D eigenvalue weighted by molar-refractivity contribution is 0.102. The van der Waals surface area contributed by atoms with Gasteiger partial charge in [-0.15, -0.1) is 0 Å². The van der Waals surface area contributed by atoms with Crippen LogP contribution in [0.25, 0.3) is 0 Å². The SMILES string of the molecule is Cc1ccc(C(=O)Nc2cc(C(C)C)[nH]n2)cc1F. The van der Waals surface area contributed by atoms with Gasteiger partial charge >= 0.3 is 0 Å². The summed E-state index contributed by atoms with van der Waals surface area (Å²) in [6.45, 7) is 5.70. The van der Waals surface area contributed by atoms with E-state index >= 15 is 0 Å². The van der Waals surface area contributed by atoms with Gasteiger partial charge in [-0.1, -0.05) is 19.9 Å². The van der Waals surface area contributed by atoms with Gasteiger partial charge in [0, 0.05) is 17.3 Å². The van der Waals surface area contributed by atoms with Gasteiger partial charge in [-0.2, -0.15) is 5.10 Å². The number of aromatic nitrogens is 2. The second kappa shape index (κ2) is 5.22. The van der Waals surface area contributed by atoms with Crippen LogP contribution >= 0.6 is 0 Å². The van der Waals surface area contributed by atoms with Gasteiger partial charge in [-0.25, -0.2) is 4.39 Å². The number of halogens is 1. The number of aromatic amines is 1. The number of aryl methyl sites for hydroxylation is 1. The highest BCUT2D eigenvalue weighted by atomic mass is 19.1. The molecule has 0 spiro atoms. The molecule has 5 heteroatoms. The molecule has 0 bridgehead atoms. The summed E-state index contributed by atoms with van der Waals surface area (Å²) in [6, 6.07) is 6.16. The Balaban J connectivity index is 2.13. The van der Waals surface area contributed by atoms with Crippen molar-refractivity contribution in [3.05, 3.63) is 46.9 Å². The van der Waals surface area contributed by atoms with E-state index in [0.29, 0.717) is 17.3 Å². The number of hydrogen-bond donors (Lipinski definition) is 2. The Bertz CT molecular complexity index is 604. The number of rotatable bonds is 3. The number of anilines is 1. The Labute approximate surface area is 111 Å². The third kappa shape index (κ3) is 2.99. The van der Waals surface area contributed by atoms with Crippen LogP contribution in [0.5, 0.6) is 0 Å². The summed E-state index contributed by atoms with van der Waals surface area (Å²) in [5.74, 6) is -0.0251. The molecular weight excluding hydrogens is 245 g/mol. The summed E-state index contributed by atoms with van der Waals surface area (Å²) in [5, 5.41) is 9.47. The average molecular weight is 261 g/mol. The number of benzene rings is 1. The number of hydrogen-bond acceptors (Lipinski definition) is 2. The van der Waals surface area contributed by atoms with Gasteiger partial charge in [0.15, 0.2) is 5.82 Å². The highest BCUT2D eigenvalue weighted by Gasteiger charge is 2.11. The third-order valence-electron chi connectivity index (χ3n) is 2.90. The fourth-order valence-electron chi connectivity index (χ4n) is 1.62. The molecule has 1 aromatic heterocycles. The Hall–Kier alpha value is -2.17. The molecule has 4 nitrogen and oxygen atoms in total. The molecule has 1 heterocycles. The minimum absolute atomic E-state index is 0.275. The van der Waals surface area contributed by atoms with E-state index in [-0.39, 0.29) is 11.5 Å². The molecule has 2 rings (SSSR count). The molecule has 2 aromatic rings. The zero-order valence-corrected chi connectivity index (χ0v) is 11.1. The molecule has 0 aliphatic rings. The minimum atomic E-state index is -0.391. The summed E-state index contributed by atoms with van der Waals surface area (Å²) >= 11 is 0. The molecular formula is C14H16FN3O. The van der Waals surface area contributed by atoms with Gasteiger partial charge in [-0.05, 0) is 30.5 Å². The molecule has 0 aliphatic carbocycles. The van der Waals surface area contributed by atoms with Crippen LogP contribution in [0, 0.1) is 12.7 Å². The maximum Gasteiger partial charge on any atom is 0.256 e. The molecule has 0 aliphatic heterocycles. The summed E-state index contributed by atoms with van der Waals surface area (Å²) < 4.78 is 13.4. The molecule has 0 saturated carbocycles. The van der Waals surface area contributed by atoms with Crippen LogP contribution in [-0.2, 0) is 0 Å². The Morgan fingerprint density at radius 3 is 2.68 bits per heavy atom. The number of carbonyl (C=O) groups is 1. The Kier molecular flexibility index (Phi) is 3.64. The number of carbonyl (C=O) groups excluding carboxylic acids is 1. The predicted molar refractivity (Wildman–Crippen MR) is 71.8 cm³/mol. The number of nitrogens with zero attached hydrogens (tertiary/aromatic N) is 1. The van der Waals surface area contributed by atoms with Gasteiger partial charge in [-0.3, -0.25) is 9.89 Å². The van der Waals surface area contributed by atoms with Crippen molar-refractivity contribution in [2.75, 3.05) is 5.32 Å². The second-order valence-electron chi connectivity index (χ2n) is 4.78. The lowest BCUT2D eigenvalue weighted by Crippen LogP contribution is -2.12. The van der Waals surface area contributed by atoms with Crippen molar-refractivity contribution >= 4 is 11.7 Å². The standard InChI is InChI=1S/C14H16FN3O/c1-8(2)12-7-13(18-17-12)16-14(19)10-5-4-9(3)11(15)6-10/h4-8H,1-3H3,(H2,16,17,18,19). The van der Waals surface area contributed by atoms with Gasteiger partial charge < -0.3 is 5.32 Å². The van der Waals surface area contributed by atoms with Crippen molar-refractivity contribution in [3.63, 3.8) is 0 Å². The van der Waals surface area contributed by atoms with E-state index in [1.165, 1.54) is 6.07 Å². The maximum atomic E-state index is 13.4. The van der Waals surface area contributed by atoms with E-state index in [0.717, 1.165) is 5.69 Å². The first-order chi connectivity index (χ1) is 8.97. The molecule has 2 N–H and O–H groups in total. The summed E-state index contributed by atoms with van der Waals surface area (Å²) in [5.41, 5.74) is 1.72. The van der Waals surface area contributed by atoms with E-state index in [1.807, 2.05) is 13.8 Å². The second-order valence-corrected chi connectivity index (χ2v) is 4.78. The number of amides is 1.